The molecule has 1 unspecified atom stereocenters. The Labute approximate surface area is 136 Å². The quantitative estimate of drug-likeness (QED) is 0.445. The number of aromatic amines is 1. The molecule has 2 rings (SSSR count). The Morgan fingerprint density at radius 2 is 2.12 bits per heavy atom. The van der Waals surface area contributed by atoms with Gasteiger partial charge in [-0.05, 0) is 13.8 Å². The van der Waals surface area contributed by atoms with Crippen molar-refractivity contribution < 1.29 is 33.5 Å². The number of ether oxygens (including phenoxy) is 1. The van der Waals surface area contributed by atoms with Crippen LogP contribution in [0.5, 0.6) is 0 Å². The van der Waals surface area contributed by atoms with Crippen molar-refractivity contribution in [3.63, 3.8) is 0 Å². The van der Waals surface area contributed by atoms with Gasteiger partial charge >= 0.3 is 13.5 Å². The van der Waals surface area contributed by atoms with E-state index in [1.165, 1.54) is 20.0 Å². The Bertz CT molecular complexity index is 745. The third-order valence-electron chi connectivity index (χ3n) is 3.46. The predicted octanol–water partition coefficient (Wildman–Crippen LogP) is -1.38. The normalized spacial score (nSPS) is 29.5. The number of phosphoric ester groups is 1. The number of aliphatic hydroxyl groups excluding tert-OH is 2. The minimum absolute atomic E-state index is 0.108. The minimum atomic E-state index is -4.47. The van der Waals surface area contributed by atoms with Crippen LogP contribution in [0.25, 0.3) is 0 Å². The number of nitrogens with one attached hydrogen (secondary N) is 1. The summed E-state index contributed by atoms with van der Waals surface area (Å²) in [7, 11) is -4.47. The molecule has 24 heavy (non-hydrogen) atoms. The summed E-state index contributed by atoms with van der Waals surface area (Å²) in [4.78, 5) is 34.9. The number of phosphoric acid groups is 1. The Morgan fingerprint density at radius 3 is 2.71 bits per heavy atom. The molecule has 5 atom stereocenters. The van der Waals surface area contributed by atoms with Crippen molar-refractivity contribution in [3.05, 3.63) is 32.6 Å². The van der Waals surface area contributed by atoms with E-state index in [2.05, 4.69) is 4.52 Å². The highest BCUT2D eigenvalue weighted by Gasteiger charge is 2.48. The van der Waals surface area contributed by atoms with Crippen molar-refractivity contribution in [1.29, 1.82) is 0 Å². The molecule has 1 aliphatic heterocycles. The van der Waals surface area contributed by atoms with Gasteiger partial charge in [-0.2, -0.15) is 0 Å². The lowest BCUT2D eigenvalue weighted by atomic mass is 10.1. The van der Waals surface area contributed by atoms with Crippen LogP contribution in [-0.2, 0) is 18.3 Å². The third kappa shape index (κ3) is 3.83. The SMILES string of the molecule is CCOP(=O)(O)O[C@H]1[C@@H](O)[C@H](n2cc(C)c(=O)[nH]c2=O)O[C@@H]1CO. The number of aryl methyl sites for hydroxylation is 1. The average molecular weight is 366 g/mol. The van der Waals surface area contributed by atoms with Gasteiger partial charge in [0.05, 0.1) is 13.2 Å². The maximum absolute atomic E-state index is 11.9. The van der Waals surface area contributed by atoms with E-state index < -0.39 is 50.2 Å². The van der Waals surface area contributed by atoms with Crippen molar-refractivity contribution >= 4 is 7.82 Å². The van der Waals surface area contributed by atoms with Crippen LogP contribution in [0.3, 0.4) is 0 Å². The smallest absolute Gasteiger partial charge is 0.394 e. The van der Waals surface area contributed by atoms with Crippen molar-refractivity contribution in [2.24, 2.45) is 0 Å². The molecule has 12 heteroatoms. The molecule has 4 N–H and O–H groups in total. The molecule has 11 nitrogen and oxygen atoms in total. The molecular weight excluding hydrogens is 347 g/mol. The molecule has 1 fully saturated rings. The van der Waals surface area contributed by atoms with Gasteiger partial charge in [0.25, 0.3) is 5.56 Å². The van der Waals surface area contributed by atoms with Crippen LogP contribution >= 0.6 is 7.82 Å². The first-order valence-corrected chi connectivity index (χ1v) is 8.62. The van der Waals surface area contributed by atoms with Gasteiger partial charge in [-0.15, -0.1) is 0 Å². The van der Waals surface area contributed by atoms with Crippen LogP contribution in [-0.4, -0.2) is 56.2 Å². The maximum atomic E-state index is 11.9. The highest BCUT2D eigenvalue weighted by molar-refractivity contribution is 7.47. The molecule has 1 aromatic rings. The van der Waals surface area contributed by atoms with Crippen LogP contribution < -0.4 is 11.2 Å². The number of aromatic nitrogens is 2. The fraction of sp³-hybridized carbons (Fsp3) is 0.667. The summed E-state index contributed by atoms with van der Waals surface area (Å²) in [6, 6.07) is 0. The summed E-state index contributed by atoms with van der Waals surface area (Å²) in [5.74, 6) is 0. The lowest BCUT2D eigenvalue weighted by Crippen LogP contribution is -2.39. The Hall–Kier alpha value is -1.33. The van der Waals surface area contributed by atoms with Crippen LogP contribution in [0.15, 0.2) is 15.8 Å². The van der Waals surface area contributed by atoms with Crippen LogP contribution in [0.1, 0.15) is 18.7 Å². The van der Waals surface area contributed by atoms with E-state index in [0.29, 0.717) is 0 Å². The van der Waals surface area contributed by atoms with E-state index in [9.17, 15) is 29.3 Å². The van der Waals surface area contributed by atoms with Gasteiger partial charge in [0, 0.05) is 11.8 Å². The summed E-state index contributed by atoms with van der Waals surface area (Å²) in [6.07, 6.45) is -4.30. The van der Waals surface area contributed by atoms with E-state index in [1.54, 1.807) is 0 Å². The lowest BCUT2D eigenvalue weighted by molar-refractivity contribution is -0.0551. The highest BCUT2D eigenvalue weighted by atomic mass is 31.2. The monoisotopic (exact) mass is 366 g/mol. The van der Waals surface area contributed by atoms with E-state index >= 15 is 0 Å². The number of H-pyrrole nitrogens is 1. The zero-order chi connectivity index (χ0) is 18.1. The van der Waals surface area contributed by atoms with Crippen LogP contribution in [0.2, 0.25) is 0 Å². The van der Waals surface area contributed by atoms with E-state index in [1.807, 2.05) is 4.98 Å². The van der Waals surface area contributed by atoms with Gasteiger partial charge in [-0.3, -0.25) is 23.4 Å². The summed E-state index contributed by atoms with van der Waals surface area (Å²) in [6.45, 7) is 2.18. The predicted molar refractivity (Wildman–Crippen MR) is 79.4 cm³/mol. The number of hydrogen-bond donors (Lipinski definition) is 4. The molecule has 0 spiro atoms. The second kappa shape index (κ2) is 7.28. The van der Waals surface area contributed by atoms with Crippen molar-refractivity contribution in [1.82, 2.24) is 9.55 Å². The molecule has 0 aromatic carbocycles. The molecule has 0 radical (unpaired) electrons. The second-order valence-corrected chi connectivity index (χ2v) is 6.58. The minimum Gasteiger partial charge on any atom is -0.394 e. The van der Waals surface area contributed by atoms with Crippen LogP contribution in [0, 0.1) is 6.92 Å². The molecule has 0 amide bonds. The van der Waals surface area contributed by atoms with Gasteiger partial charge in [0.1, 0.15) is 18.3 Å². The fourth-order valence-electron chi connectivity index (χ4n) is 2.35. The second-order valence-electron chi connectivity index (χ2n) is 5.17. The maximum Gasteiger partial charge on any atom is 0.472 e. The molecule has 0 bridgehead atoms. The van der Waals surface area contributed by atoms with E-state index in [4.69, 9.17) is 9.26 Å². The molecule has 1 aromatic heterocycles. The molecule has 1 aliphatic rings. The number of aliphatic hydroxyl groups is 2. The Morgan fingerprint density at radius 1 is 1.46 bits per heavy atom. The summed E-state index contributed by atoms with van der Waals surface area (Å²) in [5, 5.41) is 19.7. The zero-order valence-electron chi connectivity index (χ0n) is 13.0. The van der Waals surface area contributed by atoms with Crippen molar-refractivity contribution in [2.75, 3.05) is 13.2 Å². The topological polar surface area (TPSA) is 160 Å². The van der Waals surface area contributed by atoms with Crippen molar-refractivity contribution in [2.45, 2.75) is 38.4 Å². The Balaban J connectivity index is 2.32. The third-order valence-corrected chi connectivity index (χ3v) is 4.55. The summed E-state index contributed by atoms with van der Waals surface area (Å²) < 4.78 is 27.4. The largest absolute Gasteiger partial charge is 0.472 e. The fourth-order valence-corrected chi connectivity index (χ4v) is 3.30. The van der Waals surface area contributed by atoms with Gasteiger partial charge in [-0.25, -0.2) is 9.36 Å². The van der Waals surface area contributed by atoms with Gasteiger partial charge in [0.15, 0.2) is 6.23 Å². The summed E-state index contributed by atoms with van der Waals surface area (Å²) in [5.41, 5.74) is -1.24. The molecule has 2 heterocycles. The summed E-state index contributed by atoms with van der Waals surface area (Å²) >= 11 is 0. The molecule has 0 saturated carbocycles. The molecular formula is C12H19N2O9P. The first-order chi connectivity index (χ1) is 11.2. The highest BCUT2D eigenvalue weighted by Crippen LogP contribution is 2.48. The standard InChI is InChI=1S/C12H19N2O9P/c1-3-21-24(19,20)23-9-7(5-15)22-11(8(9)16)14-4-6(2)10(17)13-12(14)18/h4,7-9,11,15-16H,3,5H2,1-2H3,(H,19,20)(H,13,17,18)/t7-,8-,9-,11-/m1/s1. The number of hydrogen-bond acceptors (Lipinski definition) is 8. The number of nitrogens with zero attached hydrogens (tertiary/aromatic N) is 1. The van der Waals surface area contributed by atoms with Crippen molar-refractivity contribution in [3.8, 4) is 0 Å². The number of rotatable bonds is 6. The first kappa shape index (κ1) is 19.0. The van der Waals surface area contributed by atoms with Gasteiger partial charge in [-0.1, -0.05) is 0 Å². The van der Waals surface area contributed by atoms with E-state index in [-0.39, 0.29) is 12.2 Å². The lowest BCUT2D eigenvalue weighted by Gasteiger charge is -2.22. The average Bonchev–Trinajstić information content (AvgIpc) is 2.79. The van der Waals surface area contributed by atoms with E-state index in [0.717, 1.165) is 4.57 Å². The van der Waals surface area contributed by atoms with Gasteiger partial charge in [0.2, 0.25) is 0 Å². The Kier molecular flexibility index (Phi) is 5.76. The molecule has 0 aliphatic carbocycles. The van der Waals surface area contributed by atoms with Crippen LogP contribution in [0.4, 0.5) is 0 Å². The van der Waals surface area contributed by atoms with Gasteiger partial charge < -0.3 is 19.8 Å². The first-order valence-electron chi connectivity index (χ1n) is 7.12. The molecule has 1 saturated heterocycles. The zero-order valence-corrected chi connectivity index (χ0v) is 13.9. The molecule has 136 valence electrons.